The highest BCUT2D eigenvalue weighted by molar-refractivity contribution is 5.75. The maximum absolute atomic E-state index is 12.6. The van der Waals surface area contributed by atoms with Crippen LogP contribution in [0.5, 0.6) is 0 Å². The third kappa shape index (κ3) is 2.67. The van der Waals surface area contributed by atoms with Gasteiger partial charge >= 0.3 is 5.97 Å². The van der Waals surface area contributed by atoms with Crippen LogP contribution in [-0.2, 0) is 20.8 Å². The first-order valence-electron chi connectivity index (χ1n) is 10.1. The maximum atomic E-state index is 12.6. The number of fused-ring (bicyclic) bond motifs is 3. The zero-order valence-corrected chi connectivity index (χ0v) is 15.5. The van der Waals surface area contributed by atoms with Crippen molar-refractivity contribution >= 4 is 5.97 Å². The number of epoxide rings is 1. The molecule has 2 aliphatic carbocycles. The van der Waals surface area contributed by atoms with Crippen molar-refractivity contribution in [2.24, 2.45) is 23.2 Å². The Balaban J connectivity index is 1.28. The van der Waals surface area contributed by atoms with Crippen molar-refractivity contribution in [3.63, 3.8) is 0 Å². The Morgan fingerprint density at radius 2 is 2.27 bits per heavy atom. The van der Waals surface area contributed by atoms with E-state index in [4.69, 9.17) is 9.47 Å². The lowest BCUT2D eigenvalue weighted by Crippen LogP contribution is -2.84. The monoisotopic (exact) mass is 357 g/mol. The van der Waals surface area contributed by atoms with Crippen LogP contribution >= 0.6 is 0 Å². The van der Waals surface area contributed by atoms with Gasteiger partial charge in [0.05, 0.1) is 18.8 Å². The van der Waals surface area contributed by atoms with Gasteiger partial charge in [0, 0.05) is 23.9 Å². The van der Waals surface area contributed by atoms with Gasteiger partial charge in [-0.2, -0.15) is 0 Å². The van der Waals surface area contributed by atoms with E-state index in [9.17, 15) is 4.79 Å². The third-order valence-electron chi connectivity index (χ3n) is 7.60. The summed E-state index contributed by atoms with van der Waals surface area (Å²) in [5.41, 5.74) is 1.61. The minimum atomic E-state index is 0.0236. The van der Waals surface area contributed by atoms with E-state index >= 15 is 0 Å². The van der Waals surface area contributed by atoms with Gasteiger partial charge in [-0.15, -0.1) is 0 Å². The number of hydrogen-bond donors (Lipinski definition) is 1. The second-order valence-corrected chi connectivity index (χ2v) is 9.19. The molecule has 0 radical (unpaired) electrons. The number of aromatic nitrogens is 1. The van der Waals surface area contributed by atoms with Crippen molar-refractivity contribution < 1.29 is 19.6 Å². The normalized spacial score (nSPS) is 43.7. The summed E-state index contributed by atoms with van der Waals surface area (Å²) in [6.45, 7) is 5.01. The number of nitrogens with two attached hydrogens (primary N) is 1. The van der Waals surface area contributed by atoms with Gasteiger partial charge in [-0.25, -0.2) is 0 Å². The lowest BCUT2D eigenvalue weighted by Gasteiger charge is -2.51. The molecule has 2 saturated heterocycles. The van der Waals surface area contributed by atoms with Crippen molar-refractivity contribution in [1.82, 2.24) is 4.98 Å². The first-order chi connectivity index (χ1) is 12.6. The highest BCUT2D eigenvalue weighted by Crippen LogP contribution is 2.62. The summed E-state index contributed by atoms with van der Waals surface area (Å²) < 4.78 is 11.9. The van der Waals surface area contributed by atoms with Gasteiger partial charge < -0.3 is 14.8 Å². The highest BCUT2D eigenvalue weighted by atomic mass is 16.6. The molecule has 0 aromatic carbocycles. The van der Waals surface area contributed by atoms with Gasteiger partial charge in [0.15, 0.2) is 0 Å². The van der Waals surface area contributed by atoms with Gasteiger partial charge in [-0.1, -0.05) is 13.0 Å². The molecule has 4 aliphatic rings. The average molecular weight is 357 g/mol. The minimum Gasteiger partial charge on any atom is -0.462 e. The molecule has 1 spiro atoms. The topological polar surface area (TPSA) is 68.3 Å². The van der Waals surface area contributed by atoms with Crippen molar-refractivity contribution in [3.8, 4) is 0 Å². The van der Waals surface area contributed by atoms with Crippen molar-refractivity contribution in [2.45, 2.75) is 57.3 Å². The molecule has 5 heteroatoms. The predicted molar refractivity (Wildman–Crippen MR) is 95.0 cm³/mol. The summed E-state index contributed by atoms with van der Waals surface area (Å²) in [6, 6.07) is 4.05. The third-order valence-corrected chi connectivity index (χ3v) is 7.60. The molecule has 2 saturated carbocycles. The molecule has 2 aliphatic heterocycles. The summed E-state index contributed by atoms with van der Waals surface area (Å²) in [7, 11) is 0. The summed E-state index contributed by atoms with van der Waals surface area (Å²) in [6.07, 6.45) is 9.64. The van der Waals surface area contributed by atoms with Crippen LogP contribution in [0.25, 0.3) is 0 Å². The molecule has 0 bridgehead atoms. The van der Waals surface area contributed by atoms with Crippen LogP contribution in [0.4, 0.5) is 0 Å². The van der Waals surface area contributed by atoms with Crippen molar-refractivity contribution in [3.05, 3.63) is 30.1 Å². The Morgan fingerprint density at radius 3 is 3.04 bits per heavy atom. The first-order valence-corrected chi connectivity index (χ1v) is 10.1. The fourth-order valence-electron chi connectivity index (χ4n) is 6.17. The molecule has 140 valence electrons. The van der Waals surface area contributed by atoms with E-state index < -0.39 is 0 Å². The standard InChI is InChI=1S/C21H28N2O3/c1-20-5-3-6-21(13-25-21)18(20)8-15-16(19(24)26-17(15)9-20)12-23-11-14-4-2-7-22-10-14/h2,4,7,10,15-18,23H,3,5-6,8-9,11-13H2,1H3/p+1/t15-,16-,17-,18-,20-,21+/m1/s1. The molecule has 3 heterocycles. The molecule has 1 aromatic heterocycles. The fraction of sp³-hybridized carbons (Fsp3) is 0.714. The second-order valence-electron chi connectivity index (χ2n) is 9.19. The number of ether oxygens (including phenoxy) is 2. The van der Waals surface area contributed by atoms with Gasteiger partial charge in [-0.05, 0) is 49.5 Å². The van der Waals surface area contributed by atoms with E-state index in [0.29, 0.717) is 11.8 Å². The summed E-state index contributed by atoms with van der Waals surface area (Å²) in [5, 5.41) is 2.24. The van der Waals surface area contributed by atoms with Crippen LogP contribution < -0.4 is 5.32 Å². The fourth-order valence-corrected chi connectivity index (χ4v) is 6.17. The number of pyridine rings is 1. The Hall–Kier alpha value is -1.46. The van der Waals surface area contributed by atoms with Crippen LogP contribution in [0.15, 0.2) is 24.5 Å². The molecule has 26 heavy (non-hydrogen) atoms. The van der Waals surface area contributed by atoms with E-state index in [1.54, 1.807) is 6.20 Å². The van der Waals surface area contributed by atoms with Crippen LogP contribution in [0.2, 0.25) is 0 Å². The number of rotatable bonds is 4. The molecule has 2 N–H and O–H groups in total. The van der Waals surface area contributed by atoms with Gasteiger partial charge in [0.2, 0.25) is 0 Å². The quantitative estimate of drug-likeness (QED) is 0.657. The smallest absolute Gasteiger partial charge is 0.315 e. The molecule has 4 fully saturated rings. The summed E-state index contributed by atoms with van der Waals surface area (Å²) in [5.74, 6) is 1.01. The van der Waals surface area contributed by atoms with Gasteiger partial charge in [0.1, 0.15) is 18.6 Å². The molecule has 0 amide bonds. The lowest BCUT2D eigenvalue weighted by molar-refractivity contribution is -0.675. The van der Waals surface area contributed by atoms with Crippen LogP contribution in [0, 0.1) is 23.2 Å². The highest BCUT2D eigenvalue weighted by Gasteiger charge is 2.65. The lowest BCUT2D eigenvalue weighted by atomic mass is 9.53. The summed E-state index contributed by atoms with van der Waals surface area (Å²) in [4.78, 5) is 16.7. The molecule has 5 nitrogen and oxygen atoms in total. The zero-order chi connectivity index (χ0) is 17.8. The number of esters is 1. The van der Waals surface area contributed by atoms with E-state index in [0.717, 1.165) is 32.5 Å². The molecule has 5 rings (SSSR count). The summed E-state index contributed by atoms with van der Waals surface area (Å²) >= 11 is 0. The Kier molecular flexibility index (Phi) is 3.87. The molecule has 6 atom stereocenters. The van der Waals surface area contributed by atoms with E-state index in [2.05, 4.69) is 23.3 Å². The van der Waals surface area contributed by atoms with Crippen LogP contribution in [-0.4, -0.2) is 35.8 Å². The molecular weight excluding hydrogens is 328 g/mol. The molecule has 1 aromatic rings. The maximum Gasteiger partial charge on any atom is 0.315 e. The predicted octanol–water partition coefficient (Wildman–Crippen LogP) is 1.67. The Bertz CT molecular complexity index is 690. The number of quaternary nitrogens is 1. The number of carbonyl (C=O) groups excluding carboxylic acids is 1. The number of nitrogens with zero attached hydrogens (tertiary/aromatic N) is 1. The van der Waals surface area contributed by atoms with E-state index in [1.807, 2.05) is 12.3 Å². The number of hydrogen-bond acceptors (Lipinski definition) is 4. The second kappa shape index (κ2) is 6.03. The van der Waals surface area contributed by atoms with E-state index in [1.165, 1.54) is 24.8 Å². The Morgan fingerprint density at radius 1 is 1.38 bits per heavy atom. The van der Waals surface area contributed by atoms with Crippen molar-refractivity contribution in [1.29, 1.82) is 0 Å². The SMILES string of the molecule is C[C@]12CCC[C@]3(CO3)[C@@H]1C[C@H]1[C@@H](C2)OC(=O)[C@@H]1C[NH2+]Cc1cccnc1. The molecular formula is C21H29N2O3+. The average Bonchev–Trinajstić information content (AvgIpc) is 3.33. The first kappa shape index (κ1) is 16.7. The van der Waals surface area contributed by atoms with Crippen molar-refractivity contribution in [2.75, 3.05) is 13.2 Å². The van der Waals surface area contributed by atoms with Gasteiger partial charge in [0.25, 0.3) is 0 Å². The number of carbonyl (C=O) groups is 1. The molecule has 0 unspecified atom stereocenters. The van der Waals surface area contributed by atoms with Crippen LogP contribution in [0.3, 0.4) is 0 Å². The zero-order valence-electron chi connectivity index (χ0n) is 15.5. The van der Waals surface area contributed by atoms with Crippen LogP contribution in [0.1, 0.15) is 44.6 Å². The van der Waals surface area contributed by atoms with E-state index in [-0.39, 0.29) is 29.0 Å². The Labute approximate surface area is 154 Å². The van der Waals surface area contributed by atoms with Gasteiger partial charge in [-0.3, -0.25) is 9.78 Å². The largest absolute Gasteiger partial charge is 0.462 e. The minimum absolute atomic E-state index is 0.0236.